The van der Waals surface area contributed by atoms with Gasteiger partial charge in [-0.25, -0.2) is 0 Å². The number of anilines is 6. The minimum atomic E-state index is -2.68. The highest BCUT2D eigenvalue weighted by atomic mass is 32.1. The number of aryl methyl sites for hydroxylation is 1. The molecule has 0 atom stereocenters. The minimum Gasteiger partial charge on any atom is -0.310 e. The van der Waals surface area contributed by atoms with Crippen molar-refractivity contribution in [1.29, 1.82) is 0 Å². The summed E-state index contributed by atoms with van der Waals surface area (Å²) in [6, 6.07) is 87.8. The Morgan fingerprint density at radius 3 is 1.45 bits per heavy atom. The van der Waals surface area contributed by atoms with Gasteiger partial charge in [0, 0.05) is 80.1 Å². The lowest BCUT2D eigenvalue weighted by Gasteiger charge is -2.45. The van der Waals surface area contributed by atoms with Crippen LogP contribution in [0.5, 0.6) is 0 Å². The number of benzene rings is 14. The van der Waals surface area contributed by atoms with Crippen LogP contribution in [0, 0.1) is 6.85 Å². The van der Waals surface area contributed by atoms with Crippen molar-refractivity contribution in [1.82, 2.24) is 4.57 Å². The largest absolute Gasteiger partial charge is 0.310 e. The fourth-order valence-electron chi connectivity index (χ4n) is 15.7. The van der Waals surface area contributed by atoms with E-state index in [0.717, 1.165) is 153 Å². The van der Waals surface area contributed by atoms with Crippen LogP contribution in [0.3, 0.4) is 0 Å². The van der Waals surface area contributed by atoms with Gasteiger partial charge in [0.25, 0.3) is 6.71 Å². The van der Waals surface area contributed by atoms with E-state index >= 15 is 0 Å². The molecule has 0 aliphatic carbocycles. The van der Waals surface area contributed by atoms with Crippen LogP contribution >= 0.6 is 11.3 Å². The molecule has 2 aliphatic rings. The van der Waals surface area contributed by atoms with Gasteiger partial charge in [0.05, 0.1) is 32.2 Å². The molecule has 0 bridgehead atoms. The molecule has 0 radical (unpaired) electrons. The lowest BCUT2D eigenvalue weighted by Crippen LogP contribution is -2.60. The second kappa shape index (κ2) is 21.3. The molecule has 0 saturated heterocycles. The normalized spacial score (nSPS) is 14.3. The van der Waals surface area contributed by atoms with E-state index in [0.29, 0.717) is 22.5 Å². The predicted octanol–water partition coefficient (Wildman–Crippen LogP) is 23.8. The van der Waals surface area contributed by atoms with Gasteiger partial charge in [-0.1, -0.05) is 262 Å². The number of hydrogen-bond donors (Lipinski definition) is 0. The first-order valence-electron chi connectivity index (χ1n) is 36.6. The summed E-state index contributed by atoms with van der Waals surface area (Å²) in [5.74, 6) is 0. The van der Waals surface area contributed by atoms with Crippen molar-refractivity contribution in [3.05, 3.63) is 289 Å². The number of nitrogens with zero attached hydrogens (tertiary/aromatic N) is 3. The van der Waals surface area contributed by atoms with Gasteiger partial charge in [-0.3, -0.25) is 0 Å². The zero-order valence-electron chi connectivity index (χ0n) is 61.5. The van der Waals surface area contributed by atoms with Crippen LogP contribution in [0.2, 0.25) is 0 Å². The Kier molecular flexibility index (Phi) is 11.5. The van der Waals surface area contributed by atoms with E-state index in [1.54, 1.807) is 11.3 Å². The molecule has 5 heteroatoms. The van der Waals surface area contributed by atoms with Crippen LogP contribution in [0.15, 0.2) is 267 Å². The SMILES string of the molecule is [2H]c1c([2H])c(-n2c3ccccc3c3cc4ccc5cccc6ccc(c4c56)c32)c([2H])c2c1B1c3sc4cc(C(C)(C)C)ccc4c3N(c3c(-c4ccccc4)cc(C(C)(C)C)cc3-c3ccccc3)c3cc(C([2H])([2H])[2H])cc(c31)N2c1c(-c2ccccc2)cc(C(C)(C)C)cc1-c1ccccc1. The van der Waals surface area contributed by atoms with Crippen LogP contribution in [-0.4, -0.2) is 11.3 Å². The Bertz CT molecular complexity index is 6020. The fourth-order valence-corrected chi connectivity index (χ4v) is 17.1. The van der Waals surface area contributed by atoms with E-state index in [2.05, 4.69) is 295 Å². The Hall–Kier alpha value is -10.5. The number of fused-ring (bicyclic) bond motifs is 10. The first-order chi connectivity index (χ1) is 48.9. The summed E-state index contributed by atoms with van der Waals surface area (Å²) in [5, 5.41) is 9.48. The van der Waals surface area contributed by atoms with E-state index in [1.165, 1.54) is 0 Å². The maximum absolute atomic E-state index is 11.8. The van der Waals surface area contributed by atoms with Gasteiger partial charge in [0.15, 0.2) is 0 Å². The molecule has 0 spiro atoms. The smallest absolute Gasteiger partial charge is 0.264 e. The molecule has 2 aliphatic heterocycles. The molecule has 18 rings (SSSR count). The van der Waals surface area contributed by atoms with Crippen LogP contribution in [0.4, 0.5) is 34.1 Å². The van der Waals surface area contributed by atoms with Crippen LogP contribution in [0.25, 0.3) is 114 Å². The highest BCUT2D eigenvalue weighted by Crippen LogP contribution is 2.57. The zero-order valence-corrected chi connectivity index (χ0v) is 56.3. The van der Waals surface area contributed by atoms with Crippen LogP contribution in [-0.2, 0) is 16.2 Å². The number of hydrogen-bond acceptors (Lipinski definition) is 3. The van der Waals surface area contributed by atoms with E-state index < -0.39 is 13.6 Å². The molecule has 0 fully saturated rings. The quantitative estimate of drug-likeness (QED) is 0.116. The Balaban J connectivity index is 1.07. The van der Waals surface area contributed by atoms with E-state index in [9.17, 15) is 8.22 Å². The van der Waals surface area contributed by atoms with Gasteiger partial charge in [-0.2, -0.15) is 0 Å². The average molecular weight is 1260 g/mol. The van der Waals surface area contributed by atoms with Crippen LogP contribution < -0.4 is 25.5 Å². The average Bonchev–Trinajstić information content (AvgIpc) is 1.21. The molecule has 0 unspecified atom stereocenters. The van der Waals surface area contributed by atoms with E-state index in [4.69, 9.17) is 0 Å². The summed E-state index contributed by atoms with van der Waals surface area (Å²) < 4.78 is 68.1. The second-order valence-electron chi connectivity index (χ2n) is 29.6. The van der Waals surface area contributed by atoms with Gasteiger partial charge in [-0.05, 0) is 172 Å². The minimum absolute atomic E-state index is 0.0170. The van der Waals surface area contributed by atoms with Gasteiger partial charge in [0.1, 0.15) is 0 Å². The first-order valence-corrected chi connectivity index (χ1v) is 34.4. The molecule has 3 nitrogen and oxygen atoms in total. The highest BCUT2D eigenvalue weighted by molar-refractivity contribution is 7.33. The van der Waals surface area contributed by atoms with E-state index in [1.807, 2.05) is 30.3 Å². The Labute approximate surface area is 576 Å². The van der Waals surface area contributed by atoms with Crippen molar-refractivity contribution in [2.24, 2.45) is 0 Å². The highest BCUT2D eigenvalue weighted by Gasteiger charge is 2.47. The summed E-state index contributed by atoms with van der Waals surface area (Å²) in [5.41, 5.74) is 17.4. The van der Waals surface area contributed by atoms with Crippen molar-refractivity contribution >= 4 is 132 Å². The standard InChI is InChI=1S/C91H74BN3S/c1-55-46-78-83-79(47-55)95(86-72(58-30-19-13-20-31-58)51-65(91(8,9)10)52-73(86)59-32-21-14-22-33-59)87-68-44-41-63(89(2,3)4)53-80(68)96-88(87)92(83)75-45-42-66(93-76-37-24-23-36-67(76)74-48-62-39-38-60-34-25-35-61-40-43-69(84(74)93)82(62)81(60)61)54-77(75)94(78)85-70(56-26-15-11-16-27-56)49-64(90(5,6)7)50-71(85)57-28-17-12-18-29-57/h11-54H,1-10H3/i1D3,42D,45D,54D. The lowest BCUT2D eigenvalue weighted by atomic mass is 9.36. The Morgan fingerprint density at radius 1 is 0.396 bits per heavy atom. The fraction of sp³-hybridized carbons (Fsp3) is 0.143. The summed E-state index contributed by atoms with van der Waals surface area (Å²) in [6.45, 7) is 16.8. The maximum Gasteiger partial charge on any atom is 0.264 e. The predicted molar refractivity (Wildman–Crippen MR) is 416 cm³/mol. The molecule has 14 aromatic carbocycles. The monoisotopic (exact) mass is 1260 g/mol. The molecule has 4 heterocycles. The van der Waals surface area contributed by atoms with Gasteiger partial charge >= 0.3 is 0 Å². The van der Waals surface area contributed by atoms with Gasteiger partial charge in [-0.15, -0.1) is 11.3 Å². The molecule has 0 saturated carbocycles. The Morgan fingerprint density at radius 2 is 0.896 bits per heavy atom. The summed E-state index contributed by atoms with van der Waals surface area (Å²) in [4.78, 5) is 4.59. The summed E-state index contributed by atoms with van der Waals surface area (Å²) in [7, 11) is 0. The summed E-state index contributed by atoms with van der Waals surface area (Å²) >= 11 is 1.70. The zero-order chi connectivity index (χ0) is 70.4. The van der Waals surface area contributed by atoms with Crippen molar-refractivity contribution in [3.8, 4) is 50.2 Å². The van der Waals surface area contributed by atoms with Crippen molar-refractivity contribution in [3.63, 3.8) is 0 Å². The number of para-hydroxylation sites is 1. The topological polar surface area (TPSA) is 11.4 Å². The third-order valence-electron chi connectivity index (χ3n) is 20.5. The van der Waals surface area contributed by atoms with Crippen LogP contribution in [0.1, 0.15) is 92.8 Å². The number of thiophene rings is 1. The van der Waals surface area contributed by atoms with E-state index in [-0.39, 0.29) is 45.6 Å². The molecule has 96 heavy (non-hydrogen) atoms. The third-order valence-corrected chi connectivity index (χ3v) is 21.7. The lowest BCUT2D eigenvalue weighted by molar-refractivity contribution is 0.590. The third kappa shape index (κ3) is 8.93. The molecule has 0 amide bonds. The molecule has 2 aromatic heterocycles. The van der Waals surface area contributed by atoms with Crippen molar-refractivity contribution in [2.75, 3.05) is 9.80 Å². The molecular formula is C91H74BN3S. The number of aromatic nitrogens is 1. The second-order valence-corrected chi connectivity index (χ2v) is 30.7. The molecule has 0 N–H and O–H groups in total. The maximum atomic E-state index is 11.8. The molecule has 462 valence electrons. The van der Waals surface area contributed by atoms with Crippen molar-refractivity contribution < 1.29 is 8.22 Å². The first kappa shape index (κ1) is 51.9. The molecule has 16 aromatic rings. The van der Waals surface area contributed by atoms with Gasteiger partial charge < -0.3 is 14.4 Å². The van der Waals surface area contributed by atoms with Gasteiger partial charge in [0.2, 0.25) is 0 Å². The van der Waals surface area contributed by atoms with Crippen molar-refractivity contribution in [2.45, 2.75) is 85.4 Å². The molecular weight excluding hydrogens is 1180 g/mol. The summed E-state index contributed by atoms with van der Waals surface area (Å²) in [6.07, 6.45) is 0. The number of rotatable bonds is 7.